The molecule has 5 rings (SSSR count). The zero-order valence-corrected chi connectivity index (χ0v) is 37.3. The molecule has 0 spiro atoms. The van der Waals surface area contributed by atoms with Crippen molar-refractivity contribution in [2.24, 2.45) is 39.4 Å². The number of carbonyl (C=O) groups is 2. The normalized spacial score (nSPS) is 30.2. The number of aliphatic hydroxyl groups is 2. The van der Waals surface area contributed by atoms with Gasteiger partial charge in [-0.15, -0.1) is 0 Å². The molecule has 4 N–H and O–H groups in total. The highest BCUT2D eigenvalue weighted by molar-refractivity contribution is 5.88. The van der Waals surface area contributed by atoms with Crippen LogP contribution in [0, 0.1) is 39.4 Å². The summed E-state index contributed by atoms with van der Waals surface area (Å²) in [5.74, 6) is 0.910. The van der Waals surface area contributed by atoms with E-state index in [4.69, 9.17) is 4.74 Å². The highest BCUT2D eigenvalue weighted by Gasteiger charge is 2.63. The van der Waals surface area contributed by atoms with Gasteiger partial charge in [0.1, 0.15) is 29.0 Å². The highest BCUT2D eigenvalue weighted by atomic mass is 16.6. The molecule has 7 heteroatoms. The number of ketones is 1. The molecule has 4 aliphatic rings. The number of hydrogen-bond acceptors (Lipinski definition) is 7. The monoisotopic (exact) mass is 799 g/mol. The first-order valence-electron chi connectivity index (χ1n) is 22.1. The Morgan fingerprint density at radius 3 is 2.36 bits per heavy atom. The van der Waals surface area contributed by atoms with Gasteiger partial charge < -0.3 is 25.2 Å². The summed E-state index contributed by atoms with van der Waals surface area (Å²) in [6, 6.07) is 4.34. The molecule has 2 saturated carbocycles. The summed E-state index contributed by atoms with van der Waals surface area (Å²) < 4.78 is 6.18. The van der Waals surface area contributed by atoms with Gasteiger partial charge in [-0.1, -0.05) is 83.1 Å². The average Bonchev–Trinajstić information content (AvgIpc) is 3.44. The number of fused-ring (bicyclic) bond motifs is 5. The number of hydrogen-bond donors (Lipinski definition) is 4. The number of phenols is 2. The van der Waals surface area contributed by atoms with Crippen LogP contribution < -0.4 is 0 Å². The Balaban J connectivity index is 1.32. The first kappa shape index (κ1) is 45.7. The van der Waals surface area contributed by atoms with Crippen LogP contribution in [0.15, 0.2) is 76.4 Å². The highest BCUT2D eigenvalue weighted by Crippen LogP contribution is 2.71. The largest absolute Gasteiger partial charge is 0.508 e. The summed E-state index contributed by atoms with van der Waals surface area (Å²) >= 11 is 0. The molecule has 8 unspecified atom stereocenters. The average molecular weight is 799 g/mol. The molecule has 7 nitrogen and oxygen atoms in total. The van der Waals surface area contributed by atoms with Gasteiger partial charge in [-0.05, 0) is 168 Å². The van der Waals surface area contributed by atoms with Crippen molar-refractivity contribution in [2.75, 3.05) is 6.61 Å². The molecule has 4 aliphatic carbocycles. The Bertz CT molecular complexity index is 1850. The Labute approximate surface area is 349 Å². The Morgan fingerprint density at radius 1 is 0.966 bits per heavy atom. The van der Waals surface area contributed by atoms with Crippen LogP contribution in [-0.4, -0.2) is 50.5 Å². The molecule has 0 amide bonds. The number of ether oxygens (including phenoxy) is 1. The van der Waals surface area contributed by atoms with Crippen molar-refractivity contribution in [1.82, 2.24) is 0 Å². The number of carbonyl (C=O) groups excluding carboxylic acids is 2. The maximum absolute atomic E-state index is 14.1. The molecule has 58 heavy (non-hydrogen) atoms. The third-order valence-electron chi connectivity index (χ3n) is 15.8. The van der Waals surface area contributed by atoms with Crippen molar-refractivity contribution in [3.05, 3.63) is 82.0 Å². The smallest absolute Gasteiger partial charge is 0.334 e. The predicted octanol–water partition coefficient (Wildman–Crippen LogP) is 11.2. The quantitative estimate of drug-likeness (QED) is 0.0568. The van der Waals surface area contributed by atoms with Crippen molar-refractivity contribution < 1.29 is 34.8 Å². The van der Waals surface area contributed by atoms with Gasteiger partial charge >= 0.3 is 5.97 Å². The number of phenolic OH excluding ortho intramolecular Hbond substituents is 2. The first-order valence-corrected chi connectivity index (χ1v) is 22.1. The summed E-state index contributed by atoms with van der Waals surface area (Å²) in [4.78, 5) is 27.1. The second kappa shape index (κ2) is 17.7. The van der Waals surface area contributed by atoms with Gasteiger partial charge in [-0.2, -0.15) is 0 Å². The maximum Gasteiger partial charge on any atom is 0.334 e. The third kappa shape index (κ3) is 9.01. The van der Waals surface area contributed by atoms with Gasteiger partial charge in [0.15, 0.2) is 0 Å². The number of aliphatic hydroxyl groups excluding tert-OH is 1. The fourth-order valence-electron chi connectivity index (χ4n) is 11.6. The molecule has 1 aromatic carbocycles. The van der Waals surface area contributed by atoms with Gasteiger partial charge in [0.25, 0.3) is 0 Å². The molecule has 8 atom stereocenters. The van der Waals surface area contributed by atoms with E-state index in [-0.39, 0.29) is 45.5 Å². The number of benzene rings is 1. The second-order valence-electron chi connectivity index (χ2n) is 20.3. The lowest BCUT2D eigenvalue weighted by Crippen LogP contribution is -2.53. The minimum Gasteiger partial charge on any atom is -0.508 e. The van der Waals surface area contributed by atoms with E-state index in [1.54, 1.807) is 6.08 Å². The topological polar surface area (TPSA) is 124 Å². The van der Waals surface area contributed by atoms with Crippen LogP contribution in [0.25, 0.3) is 0 Å². The minimum absolute atomic E-state index is 0.000385. The fourth-order valence-corrected chi connectivity index (χ4v) is 11.6. The van der Waals surface area contributed by atoms with Crippen LogP contribution in [0.2, 0.25) is 0 Å². The van der Waals surface area contributed by atoms with E-state index in [2.05, 4.69) is 86.6 Å². The van der Waals surface area contributed by atoms with Crippen molar-refractivity contribution in [3.63, 3.8) is 0 Å². The van der Waals surface area contributed by atoms with Crippen LogP contribution in [0.4, 0.5) is 0 Å². The number of allylic oxidation sites excluding steroid dienone is 9. The lowest BCUT2D eigenvalue weighted by molar-refractivity contribution is -0.165. The van der Waals surface area contributed by atoms with Crippen LogP contribution >= 0.6 is 0 Å². The zero-order valence-electron chi connectivity index (χ0n) is 37.3. The van der Waals surface area contributed by atoms with E-state index in [1.165, 1.54) is 47.4 Å². The van der Waals surface area contributed by atoms with Crippen LogP contribution in [0.1, 0.15) is 152 Å². The van der Waals surface area contributed by atoms with Gasteiger partial charge in [-0.25, -0.2) is 4.79 Å². The van der Waals surface area contributed by atoms with E-state index >= 15 is 0 Å². The lowest BCUT2D eigenvalue weighted by atomic mass is 9.44. The van der Waals surface area contributed by atoms with E-state index in [9.17, 15) is 30.0 Å². The lowest BCUT2D eigenvalue weighted by Gasteiger charge is -2.59. The van der Waals surface area contributed by atoms with Crippen LogP contribution in [-0.2, 0) is 20.7 Å². The van der Waals surface area contributed by atoms with Crippen LogP contribution in [0.3, 0.4) is 0 Å². The molecule has 0 bridgehead atoms. The van der Waals surface area contributed by atoms with Crippen molar-refractivity contribution in [1.29, 1.82) is 0 Å². The van der Waals surface area contributed by atoms with Gasteiger partial charge in [0.05, 0.1) is 6.61 Å². The SMILES string of the molecule is CC(C)=CCCC(C)=CCCC(=CCc1cc(O)ccc1O)C(=O)OC(CCC(C)C1CCC2(C)C3=CCC4C(C)(C)C(=O)CCC4(C)C3=CCC12C)C(C)(O)CO. The van der Waals surface area contributed by atoms with E-state index in [0.29, 0.717) is 54.4 Å². The third-order valence-corrected chi connectivity index (χ3v) is 15.8. The van der Waals surface area contributed by atoms with Crippen LogP contribution in [0.5, 0.6) is 11.5 Å². The molecular formula is C51H74O7. The molecule has 0 aromatic heterocycles. The van der Waals surface area contributed by atoms with Gasteiger partial charge in [0.2, 0.25) is 0 Å². The van der Waals surface area contributed by atoms with E-state index in [1.807, 2.05) is 0 Å². The first-order chi connectivity index (χ1) is 27.1. The zero-order chi connectivity index (χ0) is 42.8. The van der Waals surface area contributed by atoms with E-state index in [0.717, 1.165) is 51.4 Å². The molecule has 2 fully saturated rings. The number of rotatable bonds is 16. The summed E-state index contributed by atoms with van der Waals surface area (Å²) in [5.41, 5.74) is 4.50. The summed E-state index contributed by atoms with van der Waals surface area (Å²) in [7, 11) is 0. The van der Waals surface area contributed by atoms with Gasteiger partial charge in [-0.3, -0.25) is 4.79 Å². The molecule has 1 aromatic rings. The standard InChI is InChI=1S/C51H74O7/c1-33(2)13-11-14-34(3)15-12-16-36(18-19-37-31-38(53)20-22-42(37)54)46(56)58-45(51(10,57)32-52)24-17-35(4)39-25-29-50(9)41-21-23-43-47(5,6)44(55)27-28-48(43,7)40(41)26-30-49(39,50)8/h13,15,18,20-22,26,31,35,39,43,45,52-54,57H,11-12,14,16-17,19,23-25,27-30,32H2,1-10H3. The molecular weight excluding hydrogens is 725 g/mol. The predicted molar refractivity (Wildman–Crippen MR) is 233 cm³/mol. The Kier molecular flexibility index (Phi) is 13.9. The molecule has 320 valence electrons. The van der Waals surface area contributed by atoms with Crippen molar-refractivity contribution in [2.45, 2.75) is 164 Å². The van der Waals surface area contributed by atoms with Crippen molar-refractivity contribution in [3.8, 4) is 11.5 Å². The molecule has 0 radical (unpaired) electrons. The Hall–Kier alpha value is -3.42. The summed E-state index contributed by atoms with van der Waals surface area (Å²) in [5, 5.41) is 42.3. The number of aromatic hydroxyl groups is 2. The molecule has 0 aliphatic heterocycles. The summed E-state index contributed by atoms with van der Waals surface area (Å²) in [6.07, 6.45) is 20.1. The maximum atomic E-state index is 14.1. The fraction of sp³-hybridized carbons (Fsp3) is 0.647. The molecule has 0 heterocycles. The Morgan fingerprint density at radius 2 is 1.67 bits per heavy atom. The summed E-state index contributed by atoms with van der Waals surface area (Å²) in [6.45, 7) is 21.2. The van der Waals surface area contributed by atoms with Gasteiger partial charge in [0, 0.05) is 23.0 Å². The second-order valence-corrected chi connectivity index (χ2v) is 20.3. The number of Topliss-reactive ketones (excluding diaryl/α,β-unsaturated/α-hetero) is 1. The van der Waals surface area contributed by atoms with Crippen molar-refractivity contribution >= 4 is 11.8 Å². The minimum atomic E-state index is -1.64. The number of esters is 1. The van der Waals surface area contributed by atoms with E-state index < -0.39 is 24.3 Å². The molecule has 0 saturated heterocycles.